The van der Waals surface area contributed by atoms with Crippen molar-refractivity contribution in [3.63, 3.8) is 0 Å². The summed E-state index contributed by atoms with van der Waals surface area (Å²) >= 11 is 0. The summed E-state index contributed by atoms with van der Waals surface area (Å²) in [7, 11) is -3.26. The standard InChI is InChI=1S/C19H19FN2O2S.C2HF3O2/c20-19-7-5-13(9-21-19)12-4-6-17-15(8-12)16-10-22(14-2-1-3-14)11-18(16)25(17,23)24;3-2(4,5)1(6)7/h4-9,14,16,18H,1-3,10-11H2;(H,6,7). The van der Waals surface area contributed by atoms with Gasteiger partial charge in [0.1, 0.15) is 0 Å². The number of carbonyl (C=O) groups is 1. The van der Waals surface area contributed by atoms with Gasteiger partial charge in [0.05, 0.1) is 10.1 Å². The Morgan fingerprint density at radius 1 is 1.09 bits per heavy atom. The highest BCUT2D eigenvalue weighted by atomic mass is 32.2. The number of alkyl halides is 3. The minimum atomic E-state index is -5.08. The molecule has 0 radical (unpaired) electrons. The summed E-state index contributed by atoms with van der Waals surface area (Å²) in [5.41, 5.74) is 2.62. The lowest BCUT2D eigenvalue weighted by Gasteiger charge is -2.35. The van der Waals surface area contributed by atoms with E-state index in [9.17, 15) is 26.0 Å². The van der Waals surface area contributed by atoms with Crippen molar-refractivity contribution in [3.8, 4) is 11.1 Å². The van der Waals surface area contributed by atoms with E-state index in [-0.39, 0.29) is 11.2 Å². The Balaban J connectivity index is 0.000000307. The van der Waals surface area contributed by atoms with E-state index in [1.54, 1.807) is 18.2 Å². The van der Waals surface area contributed by atoms with Crippen molar-refractivity contribution >= 4 is 15.8 Å². The number of aliphatic carboxylic acids is 1. The Hall–Kier alpha value is -2.53. The number of nitrogens with zero attached hydrogens (tertiary/aromatic N) is 2. The molecule has 1 aromatic carbocycles. The molecule has 2 fully saturated rings. The van der Waals surface area contributed by atoms with Crippen LogP contribution in [0.3, 0.4) is 0 Å². The molecular formula is C21H20F4N2O4S. The lowest BCUT2D eigenvalue weighted by molar-refractivity contribution is -0.192. The molecule has 1 N–H and O–H groups in total. The second-order valence-electron chi connectivity index (χ2n) is 8.15. The molecular weight excluding hydrogens is 452 g/mol. The lowest BCUT2D eigenvalue weighted by atomic mass is 9.91. The van der Waals surface area contributed by atoms with E-state index >= 15 is 0 Å². The van der Waals surface area contributed by atoms with E-state index in [0.717, 1.165) is 23.2 Å². The fraction of sp³-hybridized carbons (Fsp3) is 0.429. The zero-order valence-electron chi connectivity index (χ0n) is 16.7. The molecule has 172 valence electrons. The molecule has 1 saturated heterocycles. The number of carboxylic acids is 1. The molecule has 2 atom stereocenters. The minimum Gasteiger partial charge on any atom is -0.475 e. The molecule has 2 aliphatic heterocycles. The van der Waals surface area contributed by atoms with Crippen molar-refractivity contribution in [2.75, 3.05) is 13.1 Å². The maximum Gasteiger partial charge on any atom is 0.490 e. The van der Waals surface area contributed by atoms with Crippen molar-refractivity contribution in [1.29, 1.82) is 0 Å². The van der Waals surface area contributed by atoms with E-state index < -0.39 is 27.9 Å². The molecule has 6 nitrogen and oxygen atoms in total. The van der Waals surface area contributed by atoms with Crippen LogP contribution >= 0.6 is 0 Å². The van der Waals surface area contributed by atoms with Gasteiger partial charge < -0.3 is 5.11 Å². The SMILES string of the molecule is O=C(O)C(F)(F)F.O=S1(=O)c2ccc(-c3ccc(F)nc3)cc2C2CN(C3CCC3)CC21. The molecule has 3 aliphatic rings. The topological polar surface area (TPSA) is 87.6 Å². The molecule has 1 aromatic heterocycles. The van der Waals surface area contributed by atoms with Crippen LogP contribution < -0.4 is 0 Å². The largest absolute Gasteiger partial charge is 0.490 e. The van der Waals surface area contributed by atoms with Gasteiger partial charge in [0, 0.05) is 36.8 Å². The summed E-state index contributed by atoms with van der Waals surface area (Å²) in [5, 5.41) is 6.81. The molecule has 2 unspecified atom stereocenters. The van der Waals surface area contributed by atoms with Crippen LogP contribution in [0.5, 0.6) is 0 Å². The van der Waals surface area contributed by atoms with Crippen LogP contribution in [0.4, 0.5) is 17.6 Å². The fourth-order valence-electron chi connectivity index (χ4n) is 4.45. The molecule has 5 rings (SSSR count). The predicted octanol–water partition coefficient (Wildman–Crippen LogP) is 3.63. The Labute approximate surface area is 181 Å². The average molecular weight is 472 g/mol. The summed E-state index contributed by atoms with van der Waals surface area (Å²) in [6, 6.07) is 9.06. The van der Waals surface area contributed by atoms with Gasteiger partial charge in [-0.25, -0.2) is 18.2 Å². The first-order valence-electron chi connectivity index (χ1n) is 10.0. The van der Waals surface area contributed by atoms with Crippen molar-refractivity contribution in [1.82, 2.24) is 9.88 Å². The van der Waals surface area contributed by atoms with Gasteiger partial charge in [0.25, 0.3) is 0 Å². The monoisotopic (exact) mass is 472 g/mol. The van der Waals surface area contributed by atoms with Gasteiger partial charge in [0.2, 0.25) is 5.95 Å². The van der Waals surface area contributed by atoms with Crippen LogP contribution in [0, 0.1) is 5.95 Å². The van der Waals surface area contributed by atoms with Gasteiger partial charge >= 0.3 is 12.1 Å². The lowest BCUT2D eigenvalue weighted by Crippen LogP contribution is -2.39. The molecule has 2 aromatic rings. The van der Waals surface area contributed by atoms with Crippen LogP contribution in [0.15, 0.2) is 41.4 Å². The zero-order valence-corrected chi connectivity index (χ0v) is 17.5. The Kier molecular flexibility index (Phi) is 5.74. The molecule has 3 heterocycles. The number of hydrogen-bond donors (Lipinski definition) is 1. The van der Waals surface area contributed by atoms with Gasteiger partial charge in [-0.3, -0.25) is 4.90 Å². The predicted molar refractivity (Wildman–Crippen MR) is 106 cm³/mol. The molecule has 1 saturated carbocycles. The first-order chi connectivity index (χ1) is 15.0. The second kappa shape index (κ2) is 8.11. The van der Waals surface area contributed by atoms with Crippen LogP contribution in [-0.4, -0.2) is 59.9 Å². The maximum absolute atomic E-state index is 13.1. The summed E-state index contributed by atoms with van der Waals surface area (Å²) in [4.78, 5) is 15.4. The Morgan fingerprint density at radius 3 is 2.28 bits per heavy atom. The van der Waals surface area contributed by atoms with E-state index in [0.29, 0.717) is 17.5 Å². The highest BCUT2D eigenvalue weighted by Gasteiger charge is 2.51. The number of halogens is 4. The third kappa shape index (κ3) is 4.11. The number of likely N-dealkylation sites (tertiary alicyclic amines) is 1. The van der Waals surface area contributed by atoms with E-state index in [2.05, 4.69) is 9.88 Å². The van der Waals surface area contributed by atoms with E-state index in [4.69, 9.17) is 9.90 Å². The van der Waals surface area contributed by atoms with E-state index in [1.807, 2.05) is 6.07 Å². The third-order valence-corrected chi connectivity index (χ3v) is 8.56. The highest BCUT2D eigenvalue weighted by Crippen LogP contribution is 2.47. The Bertz CT molecular complexity index is 1130. The molecule has 1 aliphatic carbocycles. The molecule has 32 heavy (non-hydrogen) atoms. The van der Waals surface area contributed by atoms with Gasteiger partial charge in [0.15, 0.2) is 9.84 Å². The number of benzene rings is 1. The number of rotatable bonds is 2. The molecule has 11 heteroatoms. The van der Waals surface area contributed by atoms with Crippen LogP contribution in [0.25, 0.3) is 11.1 Å². The first-order valence-corrected chi connectivity index (χ1v) is 11.6. The quantitative estimate of drug-likeness (QED) is 0.531. The summed E-state index contributed by atoms with van der Waals surface area (Å²) in [6.45, 7) is 1.48. The summed E-state index contributed by atoms with van der Waals surface area (Å²) in [6.07, 6.45) is 0.0378. The fourth-order valence-corrected chi connectivity index (χ4v) is 6.63. The maximum atomic E-state index is 13.1. The number of fused-ring (bicyclic) bond motifs is 3. The number of sulfone groups is 1. The molecule has 0 bridgehead atoms. The Morgan fingerprint density at radius 2 is 1.75 bits per heavy atom. The normalized spacial score (nSPS) is 24.1. The van der Waals surface area contributed by atoms with Gasteiger partial charge in [-0.1, -0.05) is 12.5 Å². The van der Waals surface area contributed by atoms with E-state index in [1.165, 1.54) is 31.5 Å². The third-order valence-electron chi connectivity index (χ3n) is 6.30. The van der Waals surface area contributed by atoms with Gasteiger partial charge in [-0.15, -0.1) is 0 Å². The minimum absolute atomic E-state index is 0.0500. The zero-order chi connectivity index (χ0) is 23.3. The van der Waals surface area contributed by atoms with Gasteiger partial charge in [-0.05, 0) is 48.2 Å². The summed E-state index contributed by atoms with van der Waals surface area (Å²) < 4.78 is 70.7. The van der Waals surface area contributed by atoms with Crippen LogP contribution in [0.2, 0.25) is 0 Å². The average Bonchev–Trinajstić information content (AvgIpc) is 3.19. The van der Waals surface area contributed by atoms with Crippen molar-refractivity contribution in [3.05, 3.63) is 48.0 Å². The number of carboxylic acid groups (broad SMARTS) is 1. The highest BCUT2D eigenvalue weighted by molar-refractivity contribution is 7.92. The first kappa shape index (κ1) is 22.7. The number of pyridine rings is 1. The molecule has 0 amide bonds. The van der Waals surface area contributed by atoms with Crippen molar-refractivity contribution < 1.29 is 35.9 Å². The number of aromatic nitrogens is 1. The van der Waals surface area contributed by atoms with Gasteiger partial charge in [-0.2, -0.15) is 17.6 Å². The second-order valence-corrected chi connectivity index (χ2v) is 10.3. The van der Waals surface area contributed by atoms with Crippen LogP contribution in [0.1, 0.15) is 30.7 Å². The smallest absolute Gasteiger partial charge is 0.475 e. The number of hydrogen-bond acceptors (Lipinski definition) is 5. The van der Waals surface area contributed by atoms with Crippen molar-refractivity contribution in [2.45, 2.75) is 47.5 Å². The van der Waals surface area contributed by atoms with Crippen LogP contribution in [-0.2, 0) is 14.6 Å². The van der Waals surface area contributed by atoms with Crippen molar-refractivity contribution in [2.24, 2.45) is 0 Å². The summed E-state index contributed by atoms with van der Waals surface area (Å²) in [5.74, 6) is -3.22. The molecule has 0 spiro atoms.